The van der Waals surface area contributed by atoms with Crippen LogP contribution in [0, 0.1) is 0 Å². The Bertz CT molecular complexity index is 644. The van der Waals surface area contributed by atoms with Gasteiger partial charge < -0.3 is 9.47 Å². The second kappa shape index (κ2) is 7.68. The average molecular weight is 332 g/mol. The highest BCUT2D eigenvalue weighted by Crippen LogP contribution is 2.26. The van der Waals surface area contributed by atoms with E-state index in [9.17, 15) is 4.79 Å². The topological polar surface area (TPSA) is 51.7 Å². The van der Waals surface area contributed by atoms with Crippen molar-refractivity contribution in [3.8, 4) is 0 Å². The number of morpholine rings is 1. The smallest absolute Gasteiger partial charge is 0.357 e. The summed E-state index contributed by atoms with van der Waals surface area (Å²) in [5.74, 6) is -0.369. The highest BCUT2D eigenvalue weighted by atomic mass is 32.1. The summed E-state index contributed by atoms with van der Waals surface area (Å²) in [4.78, 5) is 18.5. The molecule has 1 fully saturated rings. The van der Waals surface area contributed by atoms with Gasteiger partial charge in [0, 0.05) is 25.0 Å². The summed E-state index contributed by atoms with van der Waals surface area (Å²) in [5, 5.41) is 2.58. The van der Waals surface area contributed by atoms with Gasteiger partial charge in [-0.05, 0) is 12.5 Å². The van der Waals surface area contributed by atoms with E-state index in [-0.39, 0.29) is 12.1 Å². The number of benzene rings is 1. The van der Waals surface area contributed by atoms with Gasteiger partial charge in [-0.3, -0.25) is 4.90 Å². The molecule has 1 saturated heterocycles. The number of esters is 1. The molecule has 6 heteroatoms. The van der Waals surface area contributed by atoms with Gasteiger partial charge in [-0.1, -0.05) is 30.3 Å². The Hall–Kier alpha value is -1.76. The molecule has 1 aromatic heterocycles. The van der Waals surface area contributed by atoms with Crippen molar-refractivity contribution in [3.05, 3.63) is 52.0 Å². The van der Waals surface area contributed by atoms with E-state index in [0.29, 0.717) is 18.9 Å². The molecule has 1 aliphatic heterocycles. The number of nitrogens with zero attached hydrogens (tertiary/aromatic N) is 2. The van der Waals surface area contributed by atoms with Crippen molar-refractivity contribution in [1.29, 1.82) is 0 Å². The Morgan fingerprint density at radius 3 is 3.04 bits per heavy atom. The summed E-state index contributed by atoms with van der Waals surface area (Å²) >= 11 is 1.45. The van der Waals surface area contributed by atoms with E-state index in [4.69, 9.17) is 9.47 Å². The quantitative estimate of drug-likeness (QED) is 0.788. The minimum absolute atomic E-state index is 0.0827. The number of ether oxygens (including phenoxy) is 2. The molecule has 122 valence electrons. The van der Waals surface area contributed by atoms with Crippen molar-refractivity contribution in [2.45, 2.75) is 19.6 Å². The molecule has 23 heavy (non-hydrogen) atoms. The summed E-state index contributed by atoms with van der Waals surface area (Å²) in [6, 6.07) is 10.4. The summed E-state index contributed by atoms with van der Waals surface area (Å²) in [5.41, 5.74) is 1.66. The molecule has 0 bridgehead atoms. The van der Waals surface area contributed by atoms with Gasteiger partial charge in [0.25, 0.3) is 0 Å². The van der Waals surface area contributed by atoms with E-state index in [1.807, 2.05) is 6.07 Å². The van der Waals surface area contributed by atoms with E-state index in [2.05, 4.69) is 34.1 Å². The standard InChI is InChI=1S/C17H20N2O3S/c1-2-21-17(20)14-12-23-16(18-14)15-11-19(8-9-22-15)10-13-6-4-3-5-7-13/h3-7,12,15H,2,8-11H2,1H3/t15-/m0/s1. The van der Waals surface area contributed by atoms with Crippen molar-refractivity contribution >= 4 is 17.3 Å². The van der Waals surface area contributed by atoms with Crippen LogP contribution in [-0.4, -0.2) is 42.2 Å². The Labute approximate surface area is 139 Å². The first-order valence-corrected chi connectivity index (χ1v) is 8.64. The zero-order valence-electron chi connectivity index (χ0n) is 13.1. The fourth-order valence-corrected chi connectivity index (χ4v) is 3.40. The molecule has 3 rings (SSSR count). The van der Waals surface area contributed by atoms with Gasteiger partial charge in [-0.25, -0.2) is 9.78 Å². The maximum Gasteiger partial charge on any atom is 0.357 e. The predicted molar refractivity (Wildman–Crippen MR) is 88.5 cm³/mol. The number of rotatable bonds is 5. The summed E-state index contributed by atoms with van der Waals surface area (Å²) < 4.78 is 10.8. The van der Waals surface area contributed by atoms with Gasteiger partial charge in [-0.15, -0.1) is 11.3 Å². The van der Waals surface area contributed by atoms with E-state index < -0.39 is 0 Å². The van der Waals surface area contributed by atoms with Crippen LogP contribution in [0.2, 0.25) is 0 Å². The van der Waals surface area contributed by atoms with Crippen molar-refractivity contribution in [2.75, 3.05) is 26.3 Å². The van der Waals surface area contributed by atoms with Crippen LogP contribution < -0.4 is 0 Å². The molecule has 0 unspecified atom stereocenters. The molecule has 0 radical (unpaired) electrons. The minimum Gasteiger partial charge on any atom is -0.461 e. The van der Waals surface area contributed by atoms with Crippen LogP contribution >= 0.6 is 11.3 Å². The van der Waals surface area contributed by atoms with Crippen molar-refractivity contribution in [1.82, 2.24) is 9.88 Å². The largest absolute Gasteiger partial charge is 0.461 e. The highest BCUT2D eigenvalue weighted by Gasteiger charge is 2.25. The van der Waals surface area contributed by atoms with Crippen LogP contribution in [0.25, 0.3) is 0 Å². The molecule has 1 atom stereocenters. The van der Waals surface area contributed by atoms with Crippen LogP contribution in [0.3, 0.4) is 0 Å². The molecule has 0 N–H and O–H groups in total. The molecule has 1 aromatic carbocycles. The average Bonchev–Trinajstić information content (AvgIpc) is 3.06. The maximum absolute atomic E-state index is 11.7. The van der Waals surface area contributed by atoms with Gasteiger partial charge in [-0.2, -0.15) is 0 Å². The van der Waals surface area contributed by atoms with Crippen LogP contribution in [0.15, 0.2) is 35.7 Å². The Morgan fingerprint density at radius 2 is 2.26 bits per heavy atom. The third-order valence-electron chi connectivity index (χ3n) is 3.68. The fourth-order valence-electron chi connectivity index (χ4n) is 2.57. The minimum atomic E-state index is -0.369. The second-order valence-electron chi connectivity index (χ2n) is 5.37. The molecule has 0 aliphatic carbocycles. The van der Waals surface area contributed by atoms with Crippen LogP contribution in [-0.2, 0) is 16.0 Å². The van der Waals surface area contributed by atoms with Gasteiger partial charge in [0.1, 0.15) is 11.1 Å². The molecular weight excluding hydrogens is 312 g/mol. The van der Waals surface area contributed by atoms with E-state index in [1.54, 1.807) is 12.3 Å². The predicted octanol–water partition coefficient (Wildman–Crippen LogP) is 2.89. The van der Waals surface area contributed by atoms with Gasteiger partial charge in [0.15, 0.2) is 5.69 Å². The lowest BCUT2D eigenvalue weighted by molar-refractivity contribution is -0.0330. The van der Waals surface area contributed by atoms with Crippen molar-refractivity contribution < 1.29 is 14.3 Å². The zero-order valence-corrected chi connectivity index (χ0v) is 13.9. The summed E-state index contributed by atoms with van der Waals surface area (Å²) in [6.07, 6.45) is -0.0827. The Morgan fingerprint density at radius 1 is 1.43 bits per heavy atom. The maximum atomic E-state index is 11.7. The molecule has 2 aromatic rings. The van der Waals surface area contributed by atoms with E-state index in [0.717, 1.165) is 24.6 Å². The Kier molecular flexibility index (Phi) is 5.38. The Balaban J connectivity index is 1.63. The number of thiazole rings is 1. The normalized spacial score (nSPS) is 18.7. The SMILES string of the molecule is CCOC(=O)c1csc([C@@H]2CN(Cc3ccccc3)CCO2)n1. The van der Waals surface area contributed by atoms with Crippen LogP contribution in [0.5, 0.6) is 0 Å². The molecule has 1 aliphatic rings. The molecule has 5 nitrogen and oxygen atoms in total. The first kappa shape index (κ1) is 16.1. The van der Waals surface area contributed by atoms with Crippen LogP contribution in [0.1, 0.15) is 34.1 Å². The molecule has 0 spiro atoms. The number of aromatic nitrogens is 1. The number of hydrogen-bond donors (Lipinski definition) is 0. The van der Waals surface area contributed by atoms with Crippen molar-refractivity contribution in [2.24, 2.45) is 0 Å². The third kappa shape index (κ3) is 4.16. The van der Waals surface area contributed by atoms with Gasteiger partial charge >= 0.3 is 5.97 Å². The monoisotopic (exact) mass is 332 g/mol. The van der Waals surface area contributed by atoms with Crippen molar-refractivity contribution in [3.63, 3.8) is 0 Å². The van der Waals surface area contributed by atoms with Gasteiger partial charge in [0.05, 0.1) is 13.2 Å². The lowest BCUT2D eigenvalue weighted by Crippen LogP contribution is -2.37. The fraction of sp³-hybridized carbons (Fsp3) is 0.412. The summed E-state index contributed by atoms with van der Waals surface area (Å²) in [7, 11) is 0. The molecule has 2 heterocycles. The lowest BCUT2D eigenvalue weighted by atomic mass is 10.2. The first-order chi connectivity index (χ1) is 11.3. The zero-order chi connectivity index (χ0) is 16.1. The first-order valence-electron chi connectivity index (χ1n) is 7.76. The van der Waals surface area contributed by atoms with E-state index in [1.165, 1.54) is 16.9 Å². The molecule has 0 saturated carbocycles. The molecule has 0 amide bonds. The van der Waals surface area contributed by atoms with E-state index >= 15 is 0 Å². The number of hydrogen-bond acceptors (Lipinski definition) is 6. The number of carbonyl (C=O) groups excluding carboxylic acids is 1. The summed E-state index contributed by atoms with van der Waals surface area (Å²) in [6.45, 7) is 5.40. The number of carbonyl (C=O) groups is 1. The van der Waals surface area contributed by atoms with Gasteiger partial charge in [0.2, 0.25) is 0 Å². The second-order valence-corrected chi connectivity index (χ2v) is 6.26. The third-order valence-corrected chi connectivity index (χ3v) is 4.62. The van der Waals surface area contributed by atoms with Crippen LogP contribution in [0.4, 0.5) is 0 Å². The molecular formula is C17H20N2O3S. The highest BCUT2D eigenvalue weighted by molar-refractivity contribution is 7.09. The lowest BCUT2D eigenvalue weighted by Gasteiger charge is -2.31.